The fourth-order valence-corrected chi connectivity index (χ4v) is 2.38. The number of hydrogen-bond donors (Lipinski definition) is 1. The van der Waals surface area contributed by atoms with Gasteiger partial charge in [-0.25, -0.2) is 13.2 Å². The van der Waals surface area contributed by atoms with Gasteiger partial charge in [0.25, 0.3) is 0 Å². The van der Waals surface area contributed by atoms with Crippen LogP contribution in [0.4, 0.5) is 0 Å². The van der Waals surface area contributed by atoms with Crippen LogP contribution >= 0.6 is 0 Å². The van der Waals surface area contributed by atoms with E-state index in [1.807, 2.05) is 0 Å². The summed E-state index contributed by atoms with van der Waals surface area (Å²) in [5, 5.41) is 9.01. The number of rotatable bonds is 4. The van der Waals surface area contributed by atoms with Crippen LogP contribution in [0.25, 0.3) is 0 Å². The number of benzene rings is 1. The second-order valence-corrected chi connectivity index (χ2v) is 5.58. The number of aromatic carboxylic acids is 1. The van der Waals surface area contributed by atoms with Crippen molar-refractivity contribution >= 4 is 15.8 Å². The number of methoxy groups -OCH3 is 1. The van der Waals surface area contributed by atoms with Gasteiger partial charge in [-0.1, -0.05) is 6.92 Å². The van der Waals surface area contributed by atoms with Gasteiger partial charge in [-0.05, 0) is 24.1 Å². The minimum atomic E-state index is -3.51. The van der Waals surface area contributed by atoms with Crippen LogP contribution in [0.5, 0.6) is 5.75 Å². The van der Waals surface area contributed by atoms with Gasteiger partial charge in [-0.3, -0.25) is 0 Å². The summed E-state index contributed by atoms with van der Waals surface area (Å²) in [5.41, 5.74) is 0.537. The van der Waals surface area contributed by atoms with Crippen molar-refractivity contribution in [2.75, 3.05) is 13.4 Å². The van der Waals surface area contributed by atoms with Crippen molar-refractivity contribution in [1.82, 2.24) is 0 Å². The van der Waals surface area contributed by atoms with Crippen molar-refractivity contribution < 1.29 is 23.1 Å². The Hall–Kier alpha value is -1.56. The number of ether oxygens (including phenoxy) is 1. The Labute approximate surface area is 100.0 Å². The van der Waals surface area contributed by atoms with E-state index < -0.39 is 15.8 Å². The number of carbonyl (C=O) groups is 1. The van der Waals surface area contributed by atoms with Gasteiger partial charge in [-0.2, -0.15) is 0 Å². The molecule has 0 saturated heterocycles. The molecule has 17 heavy (non-hydrogen) atoms. The summed E-state index contributed by atoms with van der Waals surface area (Å²) in [5.74, 6) is -0.969. The van der Waals surface area contributed by atoms with E-state index in [0.29, 0.717) is 12.0 Å². The third-order valence-corrected chi connectivity index (χ3v) is 3.52. The number of sulfone groups is 1. The summed E-state index contributed by atoms with van der Waals surface area (Å²) in [6, 6.07) is 2.61. The fraction of sp³-hybridized carbons (Fsp3) is 0.364. The Morgan fingerprint density at radius 1 is 1.41 bits per heavy atom. The van der Waals surface area contributed by atoms with E-state index in [1.165, 1.54) is 13.2 Å². The SMILES string of the molecule is CCc1cc(OC)c(S(C)(=O)=O)cc1C(=O)O. The molecule has 1 aromatic rings. The van der Waals surface area contributed by atoms with Crippen molar-refractivity contribution in [3.63, 3.8) is 0 Å². The lowest BCUT2D eigenvalue weighted by Gasteiger charge is -2.11. The molecule has 0 bridgehead atoms. The lowest BCUT2D eigenvalue weighted by Crippen LogP contribution is -2.08. The molecule has 5 nitrogen and oxygen atoms in total. The molecule has 0 aliphatic carbocycles. The van der Waals surface area contributed by atoms with Crippen LogP contribution in [0, 0.1) is 0 Å². The Balaban J connectivity index is 3.62. The van der Waals surface area contributed by atoms with Crippen LogP contribution in [0.15, 0.2) is 17.0 Å². The molecule has 6 heteroatoms. The number of carboxylic acids is 1. The predicted octanol–water partition coefficient (Wildman–Crippen LogP) is 1.36. The predicted molar refractivity (Wildman–Crippen MR) is 62.4 cm³/mol. The maximum absolute atomic E-state index is 11.5. The smallest absolute Gasteiger partial charge is 0.336 e. The van der Waals surface area contributed by atoms with E-state index in [-0.39, 0.29) is 16.2 Å². The second-order valence-electron chi connectivity index (χ2n) is 3.59. The lowest BCUT2D eigenvalue weighted by atomic mass is 10.1. The Morgan fingerprint density at radius 2 is 2.00 bits per heavy atom. The summed E-state index contributed by atoms with van der Waals surface area (Å²) in [4.78, 5) is 10.9. The summed E-state index contributed by atoms with van der Waals surface area (Å²) in [7, 11) is -2.16. The van der Waals surface area contributed by atoms with Crippen LogP contribution in [0.3, 0.4) is 0 Å². The largest absolute Gasteiger partial charge is 0.495 e. The topological polar surface area (TPSA) is 80.7 Å². The molecule has 1 aromatic carbocycles. The first kappa shape index (κ1) is 13.5. The Morgan fingerprint density at radius 3 is 2.35 bits per heavy atom. The number of hydrogen-bond acceptors (Lipinski definition) is 4. The van der Waals surface area contributed by atoms with E-state index in [0.717, 1.165) is 12.3 Å². The van der Waals surface area contributed by atoms with Gasteiger partial charge in [0.2, 0.25) is 0 Å². The van der Waals surface area contributed by atoms with Gasteiger partial charge in [-0.15, -0.1) is 0 Å². The number of carboxylic acid groups (broad SMARTS) is 1. The van der Waals surface area contributed by atoms with Gasteiger partial charge in [0.05, 0.1) is 12.7 Å². The highest BCUT2D eigenvalue weighted by Gasteiger charge is 2.20. The zero-order valence-corrected chi connectivity index (χ0v) is 10.7. The molecular weight excluding hydrogens is 244 g/mol. The Bertz CT molecular complexity index is 545. The molecule has 0 amide bonds. The van der Waals surface area contributed by atoms with Crippen LogP contribution in [0.2, 0.25) is 0 Å². The summed E-state index contributed by atoms with van der Waals surface area (Å²) in [6.07, 6.45) is 1.50. The van der Waals surface area contributed by atoms with Crippen LogP contribution in [-0.2, 0) is 16.3 Å². The molecule has 0 aliphatic rings. The van der Waals surface area contributed by atoms with Crippen molar-refractivity contribution in [3.8, 4) is 5.75 Å². The molecular formula is C11H14O5S. The molecule has 0 spiro atoms. The summed E-state index contributed by atoms with van der Waals surface area (Å²) >= 11 is 0. The van der Waals surface area contributed by atoms with Crippen molar-refractivity contribution in [2.45, 2.75) is 18.2 Å². The zero-order valence-electron chi connectivity index (χ0n) is 9.85. The van der Waals surface area contributed by atoms with Gasteiger partial charge in [0.15, 0.2) is 9.84 Å². The van der Waals surface area contributed by atoms with E-state index in [9.17, 15) is 13.2 Å². The molecule has 0 saturated carbocycles. The van der Waals surface area contributed by atoms with E-state index in [2.05, 4.69) is 0 Å². The molecule has 0 atom stereocenters. The highest BCUT2D eigenvalue weighted by atomic mass is 32.2. The van der Waals surface area contributed by atoms with Gasteiger partial charge >= 0.3 is 5.97 Å². The van der Waals surface area contributed by atoms with E-state index in [1.54, 1.807) is 6.92 Å². The third-order valence-electron chi connectivity index (χ3n) is 2.40. The zero-order chi connectivity index (χ0) is 13.2. The molecule has 0 heterocycles. The summed E-state index contributed by atoms with van der Waals surface area (Å²) < 4.78 is 28.0. The molecule has 0 aromatic heterocycles. The maximum Gasteiger partial charge on any atom is 0.336 e. The highest BCUT2D eigenvalue weighted by molar-refractivity contribution is 7.90. The van der Waals surface area contributed by atoms with Crippen LogP contribution in [-0.4, -0.2) is 32.9 Å². The standard InChI is InChI=1S/C11H14O5S/c1-4-7-5-9(16-2)10(17(3,14)15)6-8(7)11(12)13/h5-6H,4H2,1-3H3,(H,12,13). The van der Waals surface area contributed by atoms with E-state index >= 15 is 0 Å². The second kappa shape index (κ2) is 4.75. The van der Waals surface area contributed by atoms with Crippen LogP contribution < -0.4 is 4.74 Å². The average molecular weight is 258 g/mol. The normalized spacial score (nSPS) is 11.2. The molecule has 1 rings (SSSR count). The molecule has 0 aliphatic heterocycles. The first-order valence-electron chi connectivity index (χ1n) is 4.95. The Kier molecular flexibility index (Phi) is 3.77. The molecule has 0 unspecified atom stereocenters. The minimum Gasteiger partial charge on any atom is -0.495 e. The number of aryl methyl sites for hydroxylation is 1. The molecule has 1 N–H and O–H groups in total. The van der Waals surface area contributed by atoms with Crippen LogP contribution in [0.1, 0.15) is 22.8 Å². The lowest BCUT2D eigenvalue weighted by molar-refractivity contribution is 0.0695. The first-order chi connectivity index (χ1) is 7.81. The van der Waals surface area contributed by atoms with Gasteiger partial charge in [0, 0.05) is 6.26 Å². The third kappa shape index (κ3) is 2.76. The van der Waals surface area contributed by atoms with Crippen molar-refractivity contribution in [1.29, 1.82) is 0 Å². The molecule has 0 fully saturated rings. The minimum absolute atomic E-state index is 0.00581. The average Bonchev–Trinajstić information content (AvgIpc) is 2.25. The molecule has 94 valence electrons. The van der Waals surface area contributed by atoms with Gasteiger partial charge in [0.1, 0.15) is 10.6 Å². The summed E-state index contributed by atoms with van der Waals surface area (Å²) in [6.45, 7) is 1.79. The van der Waals surface area contributed by atoms with Gasteiger partial charge < -0.3 is 9.84 Å². The van der Waals surface area contributed by atoms with Crippen molar-refractivity contribution in [3.05, 3.63) is 23.3 Å². The highest BCUT2D eigenvalue weighted by Crippen LogP contribution is 2.28. The fourth-order valence-electron chi connectivity index (χ4n) is 1.54. The van der Waals surface area contributed by atoms with Crippen molar-refractivity contribution in [2.24, 2.45) is 0 Å². The maximum atomic E-state index is 11.5. The molecule has 0 radical (unpaired) electrons. The quantitative estimate of drug-likeness (QED) is 0.881. The monoisotopic (exact) mass is 258 g/mol. The first-order valence-corrected chi connectivity index (χ1v) is 6.84. The van der Waals surface area contributed by atoms with E-state index in [4.69, 9.17) is 9.84 Å².